The average molecular weight is 526 g/mol. The number of benzene rings is 3. The summed E-state index contributed by atoms with van der Waals surface area (Å²) in [7, 11) is 0. The fourth-order valence-corrected chi connectivity index (χ4v) is 6.30. The van der Waals surface area contributed by atoms with Crippen LogP contribution in [0.1, 0.15) is 33.4 Å². The van der Waals surface area contributed by atoms with E-state index < -0.39 is 0 Å². The molecule has 0 aliphatic rings. The Morgan fingerprint density at radius 3 is 1.39 bits per heavy atom. The van der Waals surface area contributed by atoms with E-state index in [-0.39, 0.29) is 5.43 Å². The Kier molecular flexibility index (Phi) is 8.85. The maximum absolute atomic E-state index is 2.35. The van der Waals surface area contributed by atoms with Crippen LogP contribution < -0.4 is 5.19 Å². The molecule has 0 fully saturated rings. The summed E-state index contributed by atoms with van der Waals surface area (Å²) in [6.45, 7) is 15.3. The predicted octanol–water partition coefficient (Wildman–Crippen LogP) is 8.03. The Morgan fingerprint density at radius 1 is 0.606 bits per heavy atom. The molecule has 0 heterocycles. The second-order valence-electron chi connectivity index (χ2n) is 9.23. The van der Waals surface area contributed by atoms with E-state index in [1.165, 1.54) is 54.9 Å². The van der Waals surface area contributed by atoms with Crippen molar-refractivity contribution in [1.29, 1.82) is 0 Å². The quantitative estimate of drug-likeness (QED) is 0.153. The largest absolute Gasteiger partial charge is 0.165 e. The molecule has 0 atom stereocenters. The van der Waals surface area contributed by atoms with Crippen LogP contribution >= 0.6 is 0 Å². The van der Waals surface area contributed by atoms with E-state index in [2.05, 4.69) is 127 Å². The first-order valence-electron chi connectivity index (χ1n) is 11.5. The Bertz CT molecular complexity index is 1300. The Morgan fingerprint density at radius 2 is 1.03 bits per heavy atom. The fraction of sp³-hybridized carbons (Fsp3) is 0.226. The van der Waals surface area contributed by atoms with E-state index >= 15 is 0 Å². The standard InChI is InChI=1S/2C12H13.C7H8Si.Zr/c2*1-8-4-10(3)12-7-9(2)6-11(12)5-8;1-8-7-5-3-2-4-6-7;/h2*4-7H,1-3H3;2-6H,1H3;/q2*-1;;+2. The van der Waals surface area contributed by atoms with Gasteiger partial charge in [-0.15, -0.1) is 56.9 Å². The van der Waals surface area contributed by atoms with Gasteiger partial charge in [0.15, 0.2) is 0 Å². The third-order valence-corrected chi connectivity index (χ3v) is 9.17. The van der Waals surface area contributed by atoms with Crippen LogP contribution in [0.4, 0.5) is 0 Å². The summed E-state index contributed by atoms with van der Waals surface area (Å²) < 4.78 is 0. The predicted molar refractivity (Wildman–Crippen MR) is 145 cm³/mol. The van der Waals surface area contributed by atoms with Gasteiger partial charge in [-0.2, -0.15) is 12.1 Å². The molecule has 0 aliphatic carbocycles. The van der Waals surface area contributed by atoms with Gasteiger partial charge in [-0.05, 0) is 27.7 Å². The van der Waals surface area contributed by atoms with Gasteiger partial charge in [-0.3, -0.25) is 0 Å². The Labute approximate surface area is 214 Å². The van der Waals surface area contributed by atoms with E-state index in [0.29, 0.717) is 0 Å². The molecule has 0 aliphatic heterocycles. The third-order valence-electron chi connectivity index (χ3n) is 5.84. The number of aryl methyl sites for hydroxylation is 6. The molecule has 0 aromatic heterocycles. The van der Waals surface area contributed by atoms with E-state index in [0.717, 1.165) is 0 Å². The van der Waals surface area contributed by atoms with Crippen molar-refractivity contribution in [3.05, 3.63) is 112 Å². The van der Waals surface area contributed by atoms with Gasteiger partial charge >= 0.3 is 70.8 Å². The molecule has 166 valence electrons. The Balaban J connectivity index is 0.000000141. The maximum atomic E-state index is 2.35. The molecule has 0 N–H and O–H groups in total. The van der Waals surface area contributed by atoms with Gasteiger partial charge in [-0.1, -0.05) is 48.2 Å². The molecule has 0 unspecified atom stereocenters. The molecule has 2 heteroatoms. The molecule has 5 rings (SSSR count). The van der Waals surface area contributed by atoms with Crippen molar-refractivity contribution in [3.8, 4) is 0 Å². The van der Waals surface area contributed by atoms with Crippen LogP contribution in [0, 0.1) is 41.5 Å². The molecule has 0 spiro atoms. The number of hydrogen-bond acceptors (Lipinski definition) is 0. The van der Waals surface area contributed by atoms with Crippen molar-refractivity contribution in [2.45, 2.75) is 48.1 Å². The van der Waals surface area contributed by atoms with Crippen LogP contribution in [-0.4, -0.2) is 5.43 Å². The normalized spacial score (nSPS) is 10.5. The molecule has 33 heavy (non-hydrogen) atoms. The zero-order valence-electron chi connectivity index (χ0n) is 21.0. The molecular formula is C31H34SiZr. The molecule has 0 bridgehead atoms. The Hall–Kier alpha value is -2.02. The van der Waals surface area contributed by atoms with Crippen LogP contribution in [0.5, 0.6) is 0 Å². The van der Waals surface area contributed by atoms with Gasteiger partial charge in [0.25, 0.3) is 0 Å². The SMILES string of the molecule is C[Si](=[Zr+2])c1ccccc1.Cc1cc(C)c2cc(C)[cH-]c2c1.Cc1cc(C)c2cc(C)[cH-]c2c1. The molecule has 0 amide bonds. The minimum Gasteiger partial charge on any atom is -0.165 e. The number of fused-ring (bicyclic) bond motifs is 2. The molecule has 0 saturated carbocycles. The van der Waals surface area contributed by atoms with Gasteiger partial charge in [0, 0.05) is 0 Å². The summed E-state index contributed by atoms with van der Waals surface area (Å²) in [5.74, 6) is 0. The molecule has 0 saturated heterocycles. The first-order chi connectivity index (χ1) is 15.6. The van der Waals surface area contributed by atoms with E-state index in [1.807, 2.05) is 0 Å². The second kappa shape index (κ2) is 11.4. The second-order valence-corrected chi connectivity index (χ2v) is 16.6. The monoisotopic (exact) mass is 524 g/mol. The molecule has 0 nitrogen and oxygen atoms in total. The van der Waals surface area contributed by atoms with Crippen molar-refractivity contribution in [3.63, 3.8) is 0 Å². The van der Waals surface area contributed by atoms with Crippen LogP contribution in [0.2, 0.25) is 6.55 Å². The van der Waals surface area contributed by atoms with Gasteiger partial charge < -0.3 is 0 Å². The van der Waals surface area contributed by atoms with Gasteiger partial charge in [0.2, 0.25) is 0 Å². The summed E-state index contributed by atoms with van der Waals surface area (Å²) in [6, 6.07) is 28.7. The van der Waals surface area contributed by atoms with Crippen molar-refractivity contribution in [1.82, 2.24) is 0 Å². The number of hydrogen-bond donors (Lipinski definition) is 0. The first kappa shape index (κ1) is 25.6. The van der Waals surface area contributed by atoms with Crippen LogP contribution in [-0.2, 0) is 23.3 Å². The number of rotatable bonds is 1. The minimum atomic E-state index is -0.122. The summed E-state index contributed by atoms with van der Waals surface area (Å²) >= 11 is 1.69. The smallest absolute Gasteiger partial charge is 0.0486 e. The summed E-state index contributed by atoms with van der Waals surface area (Å²) in [4.78, 5) is 0. The van der Waals surface area contributed by atoms with Crippen molar-refractivity contribution in [2.24, 2.45) is 0 Å². The summed E-state index contributed by atoms with van der Waals surface area (Å²) in [5.41, 5.74) is 8.08. The fourth-order valence-electron chi connectivity index (χ4n) is 4.37. The van der Waals surface area contributed by atoms with Crippen LogP contribution in [0.3, 0.4) is 0 Å². The summed E-state index contributed by atoms with van der Waals surface area (Å²) in [5, 5.41) is 7.12. The zero-order chi connectivity index (χ0) is 24.1. The van der Waals surface area contributed by atoms with E-state index in [1.54, 1.807) is 28.5 Å². The molecule has 5 aromatic carbocycles. The van der Waals surface area contributed by atoms with Crippen molar-refractivity contribution in [2.75, 3.05) is 0 Å². The van der Waals surface area contributed by atoms with Gasteiger partial charge in [0.1, 0.15) is 0 Å². The zero-order valence-corrected chi connectivity index (χ0v) is 24.5. The molecule has 0 radical (unpaired) electrons. The van der Waals surface area contributed by atoms with Crippen LogP contribution in [0.15, 0.2) is 78.9 Å². The average Bonchev–Trinajstić information content (AvgIpc) is 3.31. The minimum absolute atomic E-state index is 0.122. The third kappa shape index (κ3) is 6.98. The van der Waals surface area contributed by atoms with E-state index in [9.17, 15) is 0 Å². The maximum Gasteiger partial charge on any atom is -0.0486 e. The van der Waals surface area contributed by atoms with Gasteiger partial charge in [-0.25, -0.2) is 0 Å². The molecular weight excluding hydrogens is 492 g/mol. The van der Waals surface area contributed by atoms with Gasteiger partial charge in [0.05, 0.1) is 0 Å². The van der Waals surface area contributed by atoms with Crippen molar-refractivity contribution >= 4 is 32.2 Å². The first-order valence-corrected chi connectivity index (χ1v) is 17.2. The summed E-state index contributed by atoms with van der Waals surface area (Å²) in [6.07, 6.45) is 0. The topological polar surface area (TPSA) is 0 Å². The van der Waals surface area contributed by atoms with Crippen molar-refractivity contribution < 1.29 is 23.3 Å². The van der Waals surface area contributed by atoms with E-state index in [4.69, 9.17) is 0 Å². The molecule has 5 aromatic rings. The van der Waals surface area contributed by atoms with Crippen LogP contribution in [0.25, 0.3) is 21.5 Å².